The molecule has 2 fully saturated rings. The van der Waals surface area contributed by atoms with Gasteiger partial charge >= 0.3 is 5.69 Å². The Morgan fingerprint density at radius 1 is 1.18 bits per heavy atom. The SMILES string of the molecule is CC(C)N1CCN(C(=O)c2cc(-c3cc(=NC4CC4)n4ncc(=Cc5[nH]c(=O)[nH]c5O)c4n3)ccc2F)CC1. The number of aromatic amines is 2. The second-order valence-corrected chi connectivity index (χ2v) is 10.3. The highest BCUT2D eigenvalue weighted by Gasteiger charge is 2.26. The van der Waals surface area contributed by atoms with E-state index in [1.54, 1.807) is 39.9 Å². The van der Waals surface area contributed by atoms with E-state index >= 15 is 0 Å². The van der Waals surface area contributed by atoms with Crippen LogP contribution in [0.1, 0.15) is 42.7 Å². The van der Waals surface area contributed by atoms with E-state index in [-0.39, 0.29) is 29.1 Å². The molecule has 1 aromatic carbocycles. The first-order valence-corrected chi connectivity index (χ1v) is 13.1. The van der Waals surface area contributed by atoms with Crippen LogP contribution in [-0.4, -0.2) is 83.6 Å². The molecule has 12 heteroatoms. The highest BCUT2D eigenvalue weighted by Crippen LogP contribution is 2.24. The molecule has 11 nitrogen and oxygen atoms in total. The monoisotopic (exact) mass is 532 g/mol. The summed E-state index contributed by atoms with van der Waals surface area (Å²) in [5.41, 5.74) is 1.74. The Morgan fingerprint density at radius 3 is 2.62 bits per heavy atom. The van der Waals surface area contributed by atoms with Crippen molar-refractivity contribution in [2.75, 3.05) is 26.2 Å². The number of hydrogen-bond donors (Lipinski definition) is 3. The maximum atomic E-state index is 14.9. The molecule has 0 bridgehead atoms. The number of imidazole rings is 1. The molecule has 4 aromatic rings. The molecule has 3 aromatic heterocycles. The van der Waals surface area contributed by atoms with Gasteiger partial charge in [-0.05, 0) is 51.0 Å². The van der Waals surface area contributed by atoms with Crippen LogP contribution in [0, 0.1) is 5.82 Å². The molecule has 39 heavy (non-hydrogen) atoms. The molecular weight excluding hydrogens is 503 g/mol. The molecule has 202 valence electrons. The third-order valence-corrected chi connectivity index (χ3v) is 7.20. The first-order valence-electron chi connectivity index (χ1n) is 13.1. The van der Waals surface area contributed by atoms with Crippen molar-refractivity contribution in [3.8, 4) is 17.1 Å². The summed E-state index contributed by atoms with van der Waals surface area (Å²) in [4.78, 5) is 43.3. The van der Waals surface area contributed by atoms with Crippen LogP contribution < -0.4 is 16.4 Å². The minimum Gasteiger partial charge on any atom is -0.493 e. The van der Waals surface area contributed by atoms with E-state index in [0.29, 0.717) is 46.7 Å². The van der Waals surface area contributed by atoms with Gasteiger partial charge in [0.2, 0.25) is 5.88 Å². The quantitative estimate of drug-likeness (QED) is 0.352. The fourth-order valence-corrected chi connectivity index (χ4v) is 4.80. The summed E-state index contributed by atoms with van der Waals surface area (Å²) < 4.78 is 16.5. The van der Waals surface area contributed by atoms with Gasteiger partial charge in [-0.15, -0.1) is 0 Å². The molecule has 0 unspecified atom stereocenters. The van der Waals surface area contributed by atoms with Crippen LogP contribution in [0.15, 0.2) is 40.2 Å². The van der Waals surface area contributed by atoms with E-state index in [9.17, 15) is 19.1 Å². The van der Waals surface area contributed by atoms with Crippen LogP contribution in [0.3, 0.4) is 0 Å². The number of carbonyl (C=O) groups excluding carboxylic acids is 1. The maximum absolute atomic E-state index is 14.9. The smallest absolute Gasteiger partial charge is 0.326 e. The Morgan fingerprint density at radius 2 is 1.95 bits per heavy atom. The summed E-state index contributed by atoms with van der Waals surface area (Å²) in [5, 5.41) is 15.0. The van der Waals surface area contributed by atoms with E-state index in [2.05, 4.69) is 33.8 Å². The molecule has 1 saturated heterocycles. The van der Waals surface area contributed by atoms with E-state index in [1.807, 2.05) is 0 Å². The Balaban J connectivity index is 1.42. The Labute approximate surface area is 222 Å². The maximum Gasteiger partial charge on any atom is 0.326 e. The van der Waals surface area contributed by atoms with Crippen molar-refractivity contribution in [1.29, 1.82) is 0 Å². The van der Waals surface area contributed by atoms with Gasteiger partial charge in [0.25, 0.3) is 5.91 Å². The van der Waals surface area contributed by atoms with E-state index in [0.717, 1.165) is 25.9 Å². The van der Waals surface area contributed by atoms with E-state index < -0.39 is 11.5 Å². The summed E-state index contributed by atoms with van der Waals surface area (Å²) in [6.07, 6.45) is 5.09. The number of nitrogens with zero attached hydrogens (tertiary/aromatic N) is 6. The average molecular weight is 533 g/mol. The fourth-order valence-electron chi connectivity index (χ4n) is 4.80. The van der Waals surface area contributed by atoms with Gasteiger partial charge in [0.15, 0.2) is 11.1 Å². The Kier molecular flexibility index (Phi) is 6.26. The lowest BCUT2D eigenvalue weighted by atomic mass is 10.1. The summed E-state index contributed by atoms with van der Waals surface area (Å²) >= 11 is 0. The molecule has 1 aliphatic carbocycles. The number of nitrogens with one attached hydrogen (secondary N) is 2. The van der Waals surface area contributed by atoms with Crippen LogP contribution in [-0.2, 0) is 0 Å². The van der Waals surface area contributed by atoms with Crippen molar-refractivity contribution in [1.82, 2.24) is 34.4 Å². The first kappa shape index (κ1) is 25.0. The highest BCUT2D eigenvalue weighted by atomic mass is 19.1. The minimum atomic E-state index is -0.579. The molecule has 1 saturated carbocycles. The predicted molar refractivity (Wildman–Crippen MR) is 141 cm³/mol. The van der Waals surface area contributed by atoms with Gasteiger partial charge in [0.05, 0.1) is 23.5 Å². The van der Waals surface area contributed by atoms with E-state index in [4.69, 9.17) is 9.98 Å². The number of carbonyl (C=O) groups is 1. The van der Waals surface area contributed by atoms with Crippen LogP contribution in [0.4, 0.5) is 4.39 Å². The van der Waals surface area contributed by atoms with Crippen molar-refractivity contribution >= 4 is 17.6 Å². The van der Waals surface area contributed by atoms with Gasteiger partial charge in [-0.25, -0.2) is 14.2 Å². The number of amides is 1. The molecule has 0 radical (unpaired) electrons. The Bertz CT molecular complexity index is 1740. The minimum absolute atomic E-state index is 0.00275. The number of H-pyrrole nitrogens is 2. The van der Waals surface area contributed by atoms with Crippen LogP contribution in [0.2, 0.25) is 0 Å². The number of rotatable bonds is 5. The number of fused-ring (bicyclic) bond motifs is 1. The van der Waals surface area contributed by atoms with Gasteiger partial charge in [-0.3, -0.25) is 19.7 Å². The number of hydrogen-bond acceptors (Lipinski definition) is 7. The topological polar surface area (TPSA) is 135 Å². The van der Waals surface area contributed by atoms with Gasteiger partial charge in [-0.1, -0.05) is 0 Å². The number of piperazine rings is 1. The molecule has 1 amide bonds. The number of aromatic hydroxyl groups is 1. The summed E-state index contributed by atoms with van der Waals surface area (Å²) in [6.45, 7) is 6.82. The standard InChI is InChI=1S/C27H29FN8O3/c1-15(2)34-7-9-35(10-8-34)26(38)19-11-16(3-6-20(19)28)21-13-23(30-18-4-5-18)36-24(31-21)17(14-29-36)12-22-25(37)33-27(39)32-22/h3,6,11-15,18,37H,4-5,7-10H2,1-2H3,(H2,32,33,39). The Hall–Kier alpha value is -4.32. The average Bonchev–Trinajstić information content (AvgIpc) is 3.56. The van der Waals surface area contributed by atoms with Crippen LogP contribution in [0.25, 0.3) is 23.0 Å². The van der Waals surface area contributed by atoms with Crippen molar-refractivity contribution in [2.45, 2.75) is 38.8 Å². The normalized spacial score (nSPS) is 17.6. The predicted octanol–water partition coefficient (Wildman–Crippen LogP) is 1.03. The van der Waals surface area contributed by atoms with Crippen molar-refractivity contribution in [3.63, 3.8) is 0 Å². The molecule has 4 heterocycles. The molecule has 0 atom stereocenters. The summed E-state index contributed by atoms with van der Waals surface area (Å²) in [7, 11) is 0. The molecule has 3 N–H and O–H groups in total. The lowest BCUT2D eigenvalue weighted by Gasteiger charge is -2.37. The van der Waals surface area contributed by atoms with Gasteiger partial charge in [0, 0.05) is 49.1 Å². The second kappa shape index (κ2) is 9.77. The summed E-state index contributed by atoms with van der Waals surface area (Å²) in [6, 6.07) is 6.80. The highest BCUT2D eigenvalue weighted by molar-refractivity contribution is 5.95. The molecule has 2 aliphatic rings. The first-order chi connectivity index (χ1) is 18.8. The van der Waals surface area contributed by atoms with Crippen molar-refractivity contribution < 1.29 is 14.3 Å². The molecular formula is C27H29FN8O3. The van der Waals surface area contributed by atoms with Crippen molar-refractivity contribution in [3.05, 3.63) is 68.7 Å². The third-order valence-electron chi connectivity index (χ3n) is 7.20. The van der Waals surface area contributed by atoms with Crippen LogP contribution in [0.5, 0.6) is 5.88 Å². The summed E-state index contributed by atoms with van der Waals surface area (Å²) in [5.74, 6) is -1.22. The van der Waals surface area contributed by atoms with Crippen LogP contribution >= 0.6 is 0 Å². The molecule has 6 rings (SSSR count). The lowest BCUT2D eigenvalue weighted by Crippen LogP contribution is -2.50. The van der Waals surface area contributed by atoms with Gasteiger partial charge in [0.1, 0.15) is 11.5 Å². The van der Waals surface area contributed by atoms with Gasteiger partial charge in [-0.2, -0.15) is 9.61 Å². The second-order valence-electron chi connectivity index (χ2n) is 10.3. The largest absolute Gasteiger partial charge is 0.493 e. The lowest BCUT2D eigenvalue weighted by molar-refractivity contribution is 0.0591. The number of aromatic nitrogens is 5. The number of halogens is 1. The zero-order valence-electron chi connectivity index (χ0n) is 21.7. The molecule has 0 spiro atoms. The fraction of sp³-hybridized carbons (Fsp3) is 0.370. The van der Waals surface area contributed by atoms with Gasteiger partial charge < -0.3 is 15.0 Å². The third kappa shape index (κ3) is 4.94. The van der Waals surface area contributed by atoms with E-state index in [1.165, 1.54) is 6.07 Å². The zero-order chi connectivity index (χ0) is 27.3. The molecule has 1 aliphatic heterocycles. The van der Waals surface area contributed by atoms with Crippen molar-refractivity contribution in [2.24, 2.45) is 4.99 Å². The zero-order valence-corrected chi connectivity index (χ0v) is 21.7. The number of benzene rings is 1.